The van der Waals surface area contributed by atoms with Crippen LogP contribution >= 0.6 is 11.6 Å². The predicted molar refractivity (Wildman–Crippen MR) is 64.9 cm³/mol. The molecule has 6 heteroatoms. The second-order valence-electron chi connectivity index (χ2n) is 3.48. The molecule has 0 fully saturated rings. The third-order valence-corrected chi connectivity index (χ3v) is 2.28. The third kappa shape index (κ3) is 4.03. The molecule has 92 valence electrons. The lowest BCUT2D eigenvalue weighted by atomic mass is 10.2. The summed E-state index contributed by atoms with van der Waals surface area (Å²) in [5.74, 6) is -0.455. The van der Waals surface area contributed by atoms with Gasteiger partial charge in [0.1, 0.15) is 5.15 Å². The molecule has 1 heterocycles. The summed E-state index contributed by atoms with van der Waals surface area (Å²) in [5.41, 5.74) is 0.414. The zero-order valence-electron chi connectivity index (χ0n) is 9.74. The first-order chi connectivity index (χ1) is 8.04. The topological polar surface area (TPSA) is 62.3 Å². The normalized spacial score (nSPS) is 9.82. The van der Waals surface area contributed by atoms with Crippen LogP contribution < -0.4 is 5.32 Å². The first kappa shape index (κ1) is 13.4. The number of carbonyl (C=O) groups is 2. The Morgan fingerprint density at radius 3 is 2.82 bits per heavy atom. The molecular formula is C11H14ClN3O2. The number of hydrogen-bond acceptors (Lipinski definition) is 3. The average molecular weight is 256 g/mol. The van der Waals surface area contributed by atoms with E-state index in [0.29, 0.717) is 12.1 Å². The van der Waals surface area contributed by atoms with Crippen LogP contribution in [-0.2, 0) is 4.79 Å². The minimum absolute atomic E-state index is 0.0205. The van der Waals surface area contributed by atoms with Gasteiger partial charge >= 0.3 is 0 Å². The van der Waals surface area contributed by atoms with Crippen molar-refractivity contribution in [1.29, 1.82) is 0 Å². The van der Waals surface area contributed by atoms with Gasteiger partial charge in [-0.1, -0.05) is 11.6 Å². The highest BCUT2D eigenvalue weighted by Gasteiger charge is 2.14. The molecule has 0 saturated carbocycles. The minimum atomic E-state index is -0.263. The van der Waals surface area contributed by atoms with Crippen molar-refractivity contribution in [3.05, 3.63) is 29.0 Å². The Kier molecular flexibility index (Phi) is 4.90. The van der Waals surface area contributed by atoms with Crippen molar-refractivity contribution in [3.8, 4) is 0 Å². The van der Waals surface area contributed by atoms with Crippen molar-refractivity contribution in [2.75, 3.05) is 20.1 Å². The molecule has 0 unspecified atom stereocenters. The van der Waals surface area contributed by atoms with E-state index in [1.165, 1.54) is 17.2 Å². The number of likely N-dealkylation sites (N-methyl/N-ethyl adjacent to an activating group) is 2. The van der Waals surface area contributed by atoms with Gasteiger partial charge in [0.25, 0.3) is 5.91 Å². The number of pyridine rings is 1. The Labute approximate surface area is 105 Å². The van der Waals surface area contributed by atoms with Gasteiger partial charge in [-0.3, -0.25) is 9.59 Å². The SMILES string of the molecule is CCNC(=O)CN(C)C(=O)c1ccnc(Cl)c1. The van der Waals surface area contributed by atoms with E-state index >= 15 is 0 Å². The summed E-state index contributed by atoms with van der Waals surface area (Å²) >= 11 is 5.69. The van der Waals surface area contributed by atoms with E-state index in [-0.39, 0.29) is 23.5 Å². The Morgan fingerprint density at radius 2 is 2.24 bits per heavy atom. The van der Waals surface area contributed by atoms with Gasteiger partial charge in [0.05, 0.1) is 6.54 Å². The lowest BCUT2D eigenvalue weighted by molar-refractivity contribution is -0.121. The van der Waals surface area contributed by atoms with Crippen LogP contribution in [0.4, 0.5) is 0 Å². The van der Waals surface area contributed by atoms with E-state index < -0.39 is 0 Å². The Hall–Kier alpha value is -1.62. The summed E-state index contributed by atoms with van der Waals surface area (Å²) in [6.07, 6.45) is 1.45. The van der Waals surface area contributed by atoms with E-state index in [1.54, 1.807) is 13.1 Å². The molecule has 5 nitrogen and oxygen atoms in total. The molecule has 0 aliphatic rings. The van der Waals surface area contributed by atoms with Crippen LogP contribution in [0.2, 0.25) is 5.15 Å². The van der Waals surface area contributed by atoms with E-state index in [2.05, 4.69) is 10.3 Å². The molecule has 0 spiro atoms. The molecule has 0 saturated heterocycles. The zero-order chi connectivity index (χ0) is 12.8. The fourth-order valence-corrected chi connectivity index (χ4v) is 1.47. The zero-order valence-corrected chi connectivity index (χ0v) is 10.5. The predicted octanol–water partition coefficient (Wildman–Crippen LogP) is 0.943. The number of nitrogens with one attached hydrogen (secondary N) is 1. The Bertz CT molecular complexity index is 423. The van der Waals surface area contributed by atoms with E-state index in [9.17, 15) is 9.59 Å². The van der Waals surface area contributed by atoms with Crippen molar-refractivity contribution < 1.29 is 9.59 Å². The summed E-state index contributed by atoms with van der Waals surface area (Å²) in [6, 6.07) is 3.03. The summed E-state index contributed by atoms with van der Waals surface area (Å²) in [6.45, 7) is 2.39. The van der Waals surface area contributed by atoms with Crippen LogP contribution in [-0.4, -0.2) is 41.8 Å². The summed E-state index contributed by atoms with van der Waals surface area (Å²) in [7, 11) is 1.56. The maximum Gasteiger partial charge on any atom is 0.254 e. The third-order valence-electron chi connectivity index (χ3n) is 2.07. The highest BCUT2D eigenvalue weighted by molar-refractivity contribution is 6.29. The Morgan fingerprint density at radius 1 is 1.53 bits per heavy atom. The van der Waals surface area contributed by atoms with Gasteiger partial charge in [0, 0.05) is 25.4 Å². The van der Waals surface area contributed by atoms with Crippen molar-refractivity contribution in [3.63, 3.8) is 0 Å². The number of carbonyl (C=O) groups excluding carboxylic acids is 2. The van der Waals surface area contributed by atoms with Crippen molar-refractivity contribution in [2.24, 2.45) is 0 Å². The van der Waals surface area contributed by atoms with E-state index in [0.717, 1.165) is 0 Å². The lowest BCUT2D eigenvalue weighted by Gasteiger charge is -2.16. The van der Waals surface area contributed by atoms with Gasteiger partial charge in [-0.05, 0) is 19.1 Å². The van der Waals surface area contributed by atoms with Crippen LogP contribution in [0.25, 0.3) is 0 Å². The van der Waals surface area contributed by atoms with Gasteiger partial charge in [-0.25, -0.2) is 4.98 Å². The van der Waals surface area contributed by atoms with Crippen molar-refractivity contribution in [2.45, 2.75) is 6.92 Å². The minimum Gasteiger partial charge on any atom is -0.355 e. The molecule has 1 aromatic heterocycles. The van der Waals surface area contributed by atoms with Crippen LogP contribution in [0.15, 0.2) is 18.3 Å². The molecule has 0 aliphatic heterocycles. The largest absolute Gasteiger partial charge is 0.355 e. The molecule has 0 aliphatic carbocycles. The van der Waals surface area contributed by atoms with Gasteiger partial charge in [-0.2, -0.15) is 0 Å². The molecule has 0 aromatic carbocycles. The van der Waals surface area contributed by atoms with Crippen molar-refractivity contribution in [1.82, 2.24) is 15.2 Å². The molecule has 0 bridgehead atoms. The lowest BCUT2D eigenvalue weighted by Crippen LogP contribution is -2.38. The van der Waals surface area contributed by atoms with Crippen LogP contribution in [0.5, 0.6) is 0 Å². The fraction of sp³-hybridized carbons (Fsp3) is 0.364. The highest BCUT2D eigenvalue weighted by Crippen LogP contribution is 2.08. The average Bonchev–Trinajstić information content (AvgIpc) is 2.28. The van der Waals surface area contributed by atoms with E-state index in [1.807, 2.05) is 6.92 Å². The first-order valence-electron chi connectivity index (χ1n) is 5.18. The van der Waals surface area contributed by atoms with Crippen LogP contribution in [0, 0.1) is 0 Å². The van der Waals surface area contributed by atoms with Crippen molar-refractivity contribution >= 4 is 23.4 Å². The maximum atomic E-state index is 11.9. The standard InChI is InChI=1S/C11H14ClN3O2/c1-3-13-10(16)7-15(2)11(17)8-4-5-14-9(12)6-8/h4-6H,3,7H2,1-2H3,(H,13,16). The van der Waals surface area contributed by atoms with E-state index in [4.69, 9.17) is 11.6 Å². The number of amides is 2. The highest BCUT2D eigenvalue weighted by atomic mass is 35.5. The molecule has 1 rings (SSSR count). The molecule has 1 N–H and O–H groups in total. The molecular weight excluding hydrogens is 242 g/mol. The maximum absolute atomic E-state index is 11.9. The molecule has 0 atom stereocenters. The Balaban J connectivity index is 2.67. The number of rotatable bonds is 4. The van der Waals surface area contributed by atoms with Gasteiger partial charge < -0.3 is 10.2 Å². The van der Waals surface area contributed by atoms with Gasteiger partial charge in [0.15, 0.2) is 0 Å². The number of halogens is 1. The molecule has 17 heavy (non-hydrogen) atoms. The van der Waals surface area contributed by atoms with Crippen LogP contribution in [0.1, 0.15) is 17.3 Å². The number of nitrogens with zero attached hydrogens (tertiary/aromatic N) is 2. The smallest absolute Gasteiger partial charge is 0.254 e. The molecule has 0 radical (unpaired) electrons. The number of hydrogen-bond donors (Lipinski definition) is 1. The summed E-state index contributed by atoms with van der Waals surface area (Å²) in [5, 5.41) is 2.88. The second kappa shape index (κ2) is 6.20. The van der Waals surface area contributed by atoms with Gasteiger partial charge in [-0.15, -0.1) is 0 Å². The fourth-order valence-electron chi connectivity index (χ4n) is 1.30. The first-order valence-corrected chi connectivity index (χ1v) is 5.56. The van der Waals surface area contributed by atoms with Gasteiger partial charge in [0.2, 0.25) is 5.91 Å². The molecule has 2 amide bonds. The monoisotopic (exact) mass is 255 g/mol. The quantitative estimate of drug-likeness (QED) is 0.815. The summed E-state index contributed by atoms with van der Waals surface area (Å²) < 4.78 is 0. The van der Waals surface area contributed by atoms with Crippen LogP contribution in [0.3, 0.4) is 0 Å². The molecule has 1 aromatic rings. The second-order valence-corrected chi connectivity index (χ2v) is 3.87. The number of aromatic nitrogens is 1. The summed E-state index contributed by atoms with van der Waals surface area (Å²) in [4.78, 5) is 28.3.